The van der Waals surface area contributed by atoms with Crippen molar-refractivity contribution in [2.45, 2.75) is 173 Å². The van der Waals surface area contributed by atoms with Gasteiger partial charge in [-0.05, 0) is 111 Å². The van der Waals surface area contributed by atoms with Gasteiger partial charge in [0.25, 0.3) is 0 Å². The van der Waals surface area contributed by atoms with Crippen molar-refractivity contribution in [2.24, 2.45) is 50.2 Å². The summed E-state index contributed by atoms with van der Waals surface area (Å²) in [5.74, 6) is -0.805. The van der Waals surface area contributed by atoms with Crippen LogP contribution >= 0.6 is 0 Å². The summed E-state index contributed by atoms with van der Waals surface area (Å²) in [5.41, 5.74) is -1.36. The van der Waals surface area contributed by atoms with Gasteiger partial charge in [-0.25, -0.2) is 0 Å². The van der Waals surface area contributed by atoms with Crippen LogP contribution in [0.5, 0.6) is 0 Å². The minimum atomic E-state index is -1.76. The molecule has 5 aliphatic carbocycles. The molecule has 6 fully saturated rings. The predicted molar refractivity (Wildman–Crippen MR) is 204 cm³/mol. The van der Waals surface area contributed by atoms with Crippen LogP contribution in [0.4, 0.5) is 0 Å². The first-order chi connectivity index (χ1) is 27.1. The number of aliphatic hydroxyl groups excluding tert-OH is 7. The molecule has 8 N–H and O–H groups in total. The highest BCUT2D eigenvalue weighted by Gasteiger charge is 2.70. The van der Waals surface area contributed by atoms with Crippen molar-refractivity contribution in [3.63, 3.8) is 0 Å². The van der Waals surface area contributed by atoms with E-state index in [0.29, 0.717) is 32.1 Å². The third-order valence-corrected chi connectivity index (χ3v) is 17.7. The van der Waals surface area contributed by atoms with E-state index in [9.17, 15) is 50.4 Å². The van der Waals surface area contributed by atoms with Gasteiger partial charge in [-0.15, -0.1) is 0 Å². The number of carbonyl (C=O) groups excluding carboxylic acids is 1. The highest BCUT2D eigenvalue weighted by atomic mass is 16.7. The lowest BCUT2D eigenvalue weighted by atomic mass is 9.33. The van der Waals surface area contributed by atoms with Crippen LogP contribution in [0.3, 0.4) is 0 Å². The van der Waals surface area contributed by atoms with Gasteiger partial charge in [0, 0.05) is 0 Å². The molecule has 7 rings (SSSR count). The Hall–Kier alpha value is -1.76. The van der Waals surface area contributed by atoms with E-state index in [1.54, 1.807) is 0 Å². The minimum absolute atomic E-state index is 0.112. The summed E-state index contributed by atoms with van der Waals surface area (Å²) in [6, 6.07) is 0. The van der Waals surface area contributed by atoms with E-state index in [-0.39, 0.29) is 40.0 Å². The van der Waals surface area contributed by atoms with Crippen LogP contribution in [0.1, 0.15) is 106 Å². The van der Waals surface area contributed by atoms with E-state index in [4.69, 9.17) is 23.7 Å². The summed E-state index contributed by atoms with van der Waals surface area (Å²) in [7, 11) is 1.41. The third kappa shape index (κ3) is 6.38. The van der Waals surface area contributed by atoms with Gasteiger partial charge < -0.3 is 64.5 Å². The minimum Gasteiger partial charge on any atom is -0.481 e. The number of allylic oxidation sites excluding steroid dienone is 2. The molecule has 330 valence electrons. The standard InChI is InChI=1S/C43H68O15/c1-38(2)25-10-13-42(6)26(9-8-21-22-18-39(3,37(53)54-7)14-16-43(22,36(51)52)17-15-41(21,42)5)40(25,4)12-11-27(38)57-34-32(50)30(48)33(24(20-45)56-34)58-35-31(49)29(47)28(46)23(19-44)55-35/h8,22-35,44-50H,9-20H2,1-7H3,(H,51,52)/t22-,23+,24+,25-,26+,27-,28-,29-,30+,31+,32+,33-,34-,35-,39-,40-,41+,42+,43-/m0/s1. The molecule has 0 aromatic heterocycles. The first-order valence-corrected chi connectivity index (χ1v) is 21.4. The second-order valence-electron chi connectivity index (χ2n) is 20.6. The summed E-state index contributed by atoms with van der Waals surface area (Å²) in [5, 5.41) is 84.3. The number of methoxy groups -OCH3 is 1. The van der Waals surface area contributed by atoms with Crippen molar-refractivity contribution in [3.05, 3.63) is 11.6 Å². The Morgan fingerprint density at radius 1 is 0.741 bits per heavy atom. The highest BCUT2D eigenvalue weighted by Crippen LogP contribution is 2.76. The quantitative estimate of drug-likeness (QED) is 0.0993. The molecule has 0 aromatic rings. The molecule has 2 heterocycles. The van der Waals surface area contributed by atoms with Crippen molar-refractivity contribution >= 4 is 11.9 Å². The lowest BCUT2D eigenvalue weighted by molar-refractivity contribution is -0.368. The summed E-state index contributed by atoms with van der Waals surface area (Å²) in [4.78, 5) is 26.3. The summed E-state index contributed by atoms with van der Waals surface area (Å²) in [6.45, 7) is 12.1. The van der Waals surface area contributed by atoms with Gasteiger partial charge in [0.1, 0.15) is 48.8 Å². The molecule has 0 unspecified atom stereocenters. The van der Waals surface area contributed by atoms with Crippen molar-refractivity contribution in [1.29, 1.82) is 0 Å². The van der Waals surface area contributed by atoms with Crippen LogP contribution in [-0.2, 0) is 33.3 Å². The van der Waals surface area contributed by atoms with Crippen molar-refractivity contribution in [3.8, 4) is 0 Å². The Labute approximate surface area is 341 Å². The van der Waals surface area contributed by atoms with Crippen LogP contribution < -0.4 is 0 Å². The van der Waals surface area contributed by atoms with Gasteiger partial charge in [-0.2, -0.15) is 0 Å². The lowest BCUT2D eigenvalue weighted by Gasteiger charge is -2.71. The smallest absolute Gasteiger partial charge is 0.311 e. The molecule has 0 amide bonds. The average molecular weight is 825 g/mol. The molecule has 2 aliphatic heterocycles. The lowest BCUT2D eigenvalue weighted by Crippen LogP contribution is -2.67. The molecule has 19 atom stereocenters. The number of carboxylic acids is 1. The number of hydrogen-bond acceptors (Lipinski definition) is 14. The van der Waals surface area contributed by atoms with Crippen LogP contribution in [0.25, 0.3) is 0 Å². The molecule has 0 bridgehead atoms. The van der Waals surface area contributed by atoms with Gasteiger partial charge in [0.15, 0.2) is 12.6 Å². The van der Waals surface area contributed by atoms with Crippen LogP contribution in [0.2, 0.25) is 0 Å². The predicted octanol–water partition coefficient (Wildman–Crippen LogP) is 2.04. The highest BCUT2D eigenvalue weighted by molar-refractivity contribution is 5.80. The van der Waals surface area contributed by atoms with E-state index in [1.165, 1.54) is 12.7 Å². The van der Waals surface area contributed by atoms with Gasteiger partial charge in [0.2, 0.25) is 0 Å². The van der Waals surface area contributed by atoms with E-state index in [0.717, 1.165) is 32.1 Å². The number of hydrogen-bond donors (Lipinski definition) is 8. The molecule has 15 nitrogen and oxygen atoms in total. The normalized spacial score (nSPS) is 52.6. The van der Waals surface area contributed by atoms with E-state index >= 15 is 0 Å². The Bertz CT molecular complexity index is 1600. The van der Waals surface area contributed by atoms with E-state index in [2.05, 4.69) is 40.7 Å². The number of esters is 1. The zero-order valence-electron chi connectivity index (χ0n) is 35.1. The number of aliphatic carboxylic acids is 1. The fourth-order valence-corrected chi connectivity index (χ4v) is 13.9. The Balaban J connectivity index is 1.10. The van der Waals surface area contributed by atoms with Crippen LogP contribution in [0.15, 0.2) is 11.6 Å². The topological polar surface area (TPSA) is 242 Å². The fraction of sp³-hybridized carbons (Fsp3) is 0.907. The maximum atomic E-state index is 13.2. The second kappa shape index (κ2) is 15.2. The Morgan fingerprint density at radius 2 is 1.36 bits per heavy atom. The van der Waals surface area contributed by atoms with Crippen molar-refractivity contribution in [2.75, 3.05) is 20.3 Å². The SMILES string of the molecule is COC(=O)[C@@]1(C)CC[C@]2(C(=O)O)CC[C@]3(C)C(=CC[C@@H]4[C@@]5(C)CC[C@H](O[C@@H]6O[C@H](CO)[C@H](O[C@@H]7O[C@H](CO)[C@H](O)[C@H](O)[C@H]7O)[C@H](O)[C@H]6O)C(C)(C)[C@@H]5CC[C@]43C)[C@@H]2C1. The molecular weight excluding hydrogens is 756 g/mol. The van der Waals surface area contributed by atoms with Crippen molar-refractivity contribution < 1.29 is 74.1 Å². The number of carboxylic acid groups (broad SMARTS) is 1. The largest absolute Gasteiger partial charge is 0.481 e. The zero-order chi connectivity index (χ0) is 42.5. The Kier molecular flexibility index (Phi) is 11.6. The monoisotopic (exact) mass is 824 g/mol. The maximum absolute atomic E-state index is 13.2. The number of carbonyl (C=O) groups is 2. The summed E-state index contributed by atoms with van der Waals surface area (Å²) >= 11 is 0. The van der Waals surface area contributed by atoms with E-state index in [1.807, 2.05) is 6.92 Å². The van der Waals surface area contributed by atoms with Crippen LogP contribution in [-0.4, -0.2) is 141 Å². The van der Waals surface area contributed by atoms with Gasteiger partial charge in [-0.1, -0.05) is 46.3 Å². The molecule has 0 aromatic carbocycles. The number of aliphatic hydroxyl groups is 7. The van der Waals surface area contributed by atoms with Crippen LogP contribution in [0, 0.1) is 50.2 Å². The number of fused-ring (bicyclic) bond motifs is 7. The van der Waals surface area contributed by atoms with Crippen molar-refractivity contribution in [1.82, 2.24) is 0 Å². The second-order valence-corrected chi connectivity index (χ2v) is 20.6. The summed E-state index contributed by atoms with van der Waals surface area (Å²) < 4.78 is 29.1. The van der Waals surface area contributed by atoms with Gasteiger partial charge in [-0.3, -0.25) is 9.59 Å². The molecular formula is C43H68O15. The fourth-order valence-electron chi connectivity index (χ4n) is 13.9. The molecule has 15 heteroatoms. The van der Waals surface area contributed by atoms with Gasteiger partial charge >= 0.3 is 11.9 Å². The molecule has 2 saturated heterocycles. The molecule has 4 saturated carbocycles. The molecule has 7 aliphatic rings. The van der Waals surface area contributed by atoms with E-state index < -0.39 is 103 Å². The molecule has 0 radical (unpaired) electrons. The number of ether oxygens (including phenoxy) is 5. The number of rotatable bonds is 8. The average Bonchev–Trinajstić information content (AvgIpc) is 3.18. The zero-order valence-corrected chi connectivity index (χ0v) is 35.1. The third-order valence-electron chi connectivity index (χ3n) is 17.7. The first kappa shape index (κ1) is 44.3. The Morgan fingerprint density at radius 3 is 2.00 bits per heavy atom. The maximum Gasteiger partial charge on any atom is 0.311 e. The molecule has 58 heavy (non-hydrogen) atoms. The summed E-state index contributed by atoms with van der Waals surface area (Å²) in [6.07, 6.45) is -6.44. The molecule has 0 spiro atoms. The van der Waals surface area contributed by atoms with Gasteiger partial charge in [0.05, 0.1) is 37.3 Å². The first-order valence-electron chi connectivity index (χ1n) is 21.4.